The van der Waals surface area contributed by atoms with Crippen molar-refractivity contribution in [1.82, 2.24) is 14.7 Å². The average Bonchev–Trinajstić information content (AvgIpc) is 3.01. The Balaban J connectivity index is 1.75. The minimum atomic E-state index is 0.0730. The highest BCUT2D eigenvalue weighted by atomic mass is 79.9. The van der Waals surface area contributed by atoms with E-state index in [1.165, 1.54) is 22.4 Å². The molecule has 162 valence electrons. The first-order valence-electron chi connectivity index (χ1n) is 10.8. The Morgan fingerprint density at radius 2 is 1.84 bits per heavy atom. The van der Waals surface area contributed by atoms with Crippen LogP contribution in [0.2, 0.25) is 0 Å². The van der Waals surface area contributed by atoms with Gasteiger partial charge in [0.05, 0.1) is 17.4 Å². The second-order valence-corrected chi connectivity index (χ2v) is 9.00. The molecular weight excluding hydrogens is 452 g/mol. The number of hydrogen-bond donors (Lipinski definition) is 1. The number of aliphatic hydroxyl groups excluding tert-OH is 1. The lowest BCUT2D eigenvalue weighted by Gasteiger charge is -2.39. The van der Waals surface area contributed by atoms with E-state index in [-0.39, 0.29) is 12.6 Å². The lowest BCUT2D eigenvalue weighted by Crippen LogP contribution is -2.39. The Kier molecular flexibility index (Phi) is 6.58. The maximum Gasteiger partial charge on any atom is 0.106 e. The molecule has 1 aliphatic rings. The number of aliphatic hydroxyl groups is 1. The van der Waals surface area contributed by atoms with Crippen molar-refractivity contribution >= 4 is 27.5 Å². The maximum atomic E-state index is 9.58. The number of rotatable bonds is 7. The molecule has 3 aromatic rings. The zero-order chi connectivity index (χ0) is 22.0. The smallest absolute Gasteiger partial charge is 0.106 e. The number of amidine groups is 1. The van der Waals surface area contributed by atoms with Gasteiger partial charge in [-0.15, -0.1) is 0 Å². The molecule has 0 saturated heterocycles. The van der Waals surface area contributed by atoms with Gasteiger partial charge in [0.2, 0.25) is 0 Å². The zero-order valence-corrected chi connectivity index (χ0v) is 19.9. The molecule has 1 aromatic heterocycles. The van der Waals surface area contributed by atoms with Crippen molar-refractivity contribution in [3.8, 4) is 0 Å². The molecule has 2 heterocycles. The highest BCUT2D eigenvalue weighted by Gasteiger charge is 2.31. The molecule has 0 amide bonds. The van der Waals surface area contributed by atoms with Crippen LogP contribution in [0.3, 0.4) is 0 Å². The third-order valence-electron chi connectivity index (χ3n) is 6.11. The summed E-state index contributed by atoms with van der Waals surface area (Å²) in [5.41, 5.74) is 7.04. The van der Waals surface area contributed by atoms with Gasteiger partial charge in [-0.05, 0) is 56.0 Å². The Morgan fingerprint density at radius 3 is 2.52 bits per heavy atom. The molecule has 4 rings (SSSR count). The second kappa shape index (κ2) is 9.37. The van der Waals surface area contributed by atoms with Gasteiger partial charge in [-0.25, -0.2) is 4.99 Å². The molecule has 31 heavy (non-hydrogen) atoms. The molecule has 5 nitrogen and oxygen atoms in total. The summed E-state index contributed by atoms with van der Waals surface area (Å²) >= 11 is 3.64. The van der Waals surface area contributed by atoms with Gasteiger partial charge in [-0.2, -0.15) is 5.10 Å². The third-order valence-corrected chi connectivity index (χ3v) is 6.60. The van der Waals surface area contributed by atoms with Gasteiger partial charge in [-0.1, -0.05) is 46.3 Å². The van der Waals surface area contributed by atoms with Gasteiger partial charge in [0.15, 0.2) is 0 Å². The highest BCUT2D eigenvalue weighted by molar-refractivity contribution is 9.10. The quantitative estimate of drug-likeness (QED) is 0.502. The van der Waals surface area contributed by atoms with Crippen LogP contribution >= 0.6 is 15.9 Å². The fourth-order valence-corrected chi connectivity index (χ4v) is 4.85. The number of nitrogens with zero attached hydrogens (tertiary/aromatic N) is 4. The molecule has 1 aliphatic heterocycles. The lowest BCUT2D eigenvalue weighted by molar-refractivity contribution is 0.252. The van der Waals surface area contributed by atoms with Crippen LogP contribution in [0.4, 0.5) is 5.69 Å². The highest BCUT2D eigenvalue weighted by Crippen LogP contribution is 2.41. The van der Waals surface area contributed by atoms with Crippen LogP contribution in [0.5, 0.6) is 0 Å². The number of halogens is 1. The van der Waals surface area contributed by atoms with E-state index in [0.717, 1.165) is 41.1 Å². The first-order chi connectivity index (χ1) is 15.0. The Hall–Kier alpha value is -2.44. The van der Waals surface area contributed by atoms with Gasteiger partial charge in [-0.3, -0.25) is 4.68 Å². The van der Waals surface area contributed by atoms with Crippen LogP contribution in [-0.2, 0) is 13.5 Å². The predicted octanol–water partition coefficient (Wildman–Crippen LogP) is 5.25. The fourth-order valence-electron chi connectivity index (χ4n) is 4.48. The van der Waals surface area contributed by atoms with Crippen LogP contribution in [0.1, 0.15) is 47.0 Å². The SMILES string of the molecule is Cc1nn(C)c(C)c1CCC1=Nc2ccc(Br)cc2C(c2ccccc2)N1CCCO. The average molecular weight is 481 g/mol. The second-order valence-electron chi connectivity index (χ2n) is 8.09. The number of fused-ring (bicyclic) bond motifs is 1. The number of hydrogen-bond acceptors (Lipinski definition) is 4. The Morgan fingerprint density at radius 1 is 1.06 bits per heavy atom. The molecule has 2 aromatic carbocycles. The molecule has 0 bridgehead atoms. The molecule has 0 fully saturated rings. The summed E-state index contributed by atoms with van der Waals surface area (Å²) in [6.07, 6.45) is 2.43. The summed E-state index contributed by atoms with van der Waals surface area (Å²) in [6.45, 7) is 5.12. The summed E-state index contributed by atoms with van der Waals surface area (Å²) < 4.78 is 3.01. The lowest BCUT2D eigenvalue weighted by atomic mass is 9.92. The van der Waals surface area contributed by atoms with Crippen LogP contribution in [0, 0.1) is 13.8 Å². The summed E-state index contributed by atoms with van der Waals surface area (Å²) in [4.78, 5) is 7.47. The van der Waals surface area contributed by atoms with E-state index >= 15 is 0 Å². The summed E-state index contributed by atoms with van der Waals surface area (Å²) in [7, 11) is 2.00. The van der Waals surface area contributed by atoms with Crippen LogP contribution < -0.4 is 0 Å². The van der Waals surface area contributed by atoms with E-state index in [0.29, 0.717) is 6.42 Å². The Labute approximate surface area is 192 Å². The topological polar surface area (TPSA) is 53.7 Å². The van der Waals surface area contributed by atoms with Gasteiger partial charge in [0.25, 0.3) is 0 Å². The maximum absolute atomic E-state index is 9.58. The van der Waals surface area contributed by atoms with E-state index in [2.05, 4.69) is 88.3 Å². The normalized spacial score (nSPS) is 15.7. The van der Waals surface area contributed by atoms with E-state index in [1.807, 2.05) is 11.7 Å². The minimum absolute atomic E-state index is 0.0730. The molecule has 1 N–H and O–H groups in total. The van der Waals surface area contributed by atoms with Crippen LogP contribution in [-0.4, -0.2) is 38.8 Å². The van der Waals surface area contributed by atoms with Gasteiger partial charge >= 0.3 is 0 Å². The van der Waals surface area contributed by atoms with Crippen molar-refractivity contribution in [2.45, 2.75) is 39.2 Å². The van der Waals surface area contributed by atoms with E-state index in [9.17, 15) is 5.11 Å². The first-order valence-corrected chi connectivity index (χ1v) is 11.6. The number of aryl methyl sites for hydroxylation is 2. The zero-order valence-electron chi connectivity index (χ0n) is 18.3. The molecule has 1 atom stereocenters. The molecule has 0 aliphatic carbocycles. The Bertz CT molecular complexity index is 1090. The fraction of sp³-hybridized carbons (Fsp3) is 0.360. The van der Waals surface area contributed by atoms with Crippen molar-refractivity contribution in [2.24, 2.45) is 12.0 Å². The van der Waals surface area contributed by atoms with Crippen molar-refractivity contribution in [3.05, 3.63) is 81.1 Å². The van der Waals surface area contributed by atoms with Crippen molar-refractivity contribution < 1.29 is 5.11 Å². The first kappa shape index (κ1) is 21.8. The number of benzene rings is 2. The van der Waals surface area contributed by atoms with E-state index in [1.54, 1.807) is 0 Å². The summed E-state index contributed by atoms with van der Waals surface area (Å²) in [5, 5.41) is 14.2. The van der Waals surface area contributed by atoms with Gasteiger partial charge in [0.1, 0.15) is 5.84 Å². The van der Waals surface area contributed by atoms with Crippen molar-refractivity contribution in [3.63, 3.8) is 0 Å². The number of aromatic nitrogens is 2. The third kappa shape index (κ3) is 4.46. The molecule has 0 spiro atoms. The predicted molar refractivity (Wildman–Crippen MR) is 129 cm³/mol. The van der Waals surface area contributed by atoms with E-state index < -0.39 is 0 Å². The molecule has 6 heteroatoms. The summed E-state index contributed by atoms with van der Waals surface area (Å²) in [5.74, 6) is 1.07. The van der Waals surface area contributed by atoms with Gasteiger partial charge < -0.3 is 10.0 Å². The van der Waals surface area contributed by atoms with Crippen LogP contribution in [0.25, 0.3) is 0 Å². The summed E-state index contributed by atoms with van der Waals surface area (Å²) in [6, 6.07) is 17.0. The van der Waals surface area contributed by atoms with E-state index in [4.69, 9.17) is 4.99 Å². The van der Waals surface area contributed by atoms with Gasteiger partial charge in [0, 0.05) is 42.4 Å². The molecule has 0 radical (unpaired) electrons. The molecular formula is C25H29BrN4O. The van der Waals surface area contributed by atoms with Crippen LogP contribution in [0.15, 0.2) is 58.0 Å². The standard InChI is InChI=1S/C25H29BrN4O/c1-17-21(18(2)29(3)28-17)11-13-24-27-23-12-10-20(26)16-22(23)25(30(24)14-7-15-31)19-8-5-4-6-9-19/h4-6,8-10,12,16,25,31H,7,11,13-15H2,1-3H3. The van der Waals surface area contributed by atoms with Crippen molar-refractivity contribution in [2.75, 3.05) is 13.2 Å². The minimum Gasteiger partial charge on any atom is -0.396 e. The monoisotopic (exact) mass is 480 g/mol. The van der Waals surface area contributed by atoms with Crippen molar-refractivity contribution in [1.29, 1.82) is 0 Å². The largest absolute Gasteiger partial charge is 0.396 e. The molecule has 1 unspecified atom stereocenters. The number of aliphatic imine (C=N–C) groups is 1. The molecule has 0 saturated carbocycles.